The molecule has 0 fully saturated rings. The van der Waals surface area contributed by atoms with Crippen LogP contribution in [-0.2, 0) is 17.6 Å². The summed E-state index contributed by atoms with van der Waals surface area (Å²) in [7, 11) is 0. The molecule has 6 aromatic carbocycles. The van der Waals surface area contributed by atoms with Gasteiger partial charge in [-0.05, 0) is 114 Å². The first-order chi connectivity index (χ1) is 25.6. The molecule has 0 saturated carbocycles. The molecule has 0 unspecified atom stereocenters. The van der Waals surface area contributed by atoms with Crippen molar-refractivity contribution in [2.45, 2.75) is 32.6 Å². The maximum atomic E-state index is 14.8. The van der Waals surface area contributed by atoms with Crippen LogP contribution in [0.15, 0.2) is 146 Å². The molecular formula is C46H42F2O5. The number of aliphatic hydroxyl groups excluding tert-OH is 2. The topological polar surface area (TPSA) is 87.0 Å². The van der Waals surface area contributed by atoms with E-state index in [1.54, 1.807) is 67.6 Å². The van der Waals surface area contributed by atoms with Crippen LogP contribution in [0.2, 0.25) is 0 Å². The molecule has 0 saturated heterocycles. The number of esters is 1. The zero-order valence-corrected chi connectivity index (χ0v) is 29.6. The summed E-state index contributed by atoms with van der Waals surface area (Å²) in [6.07, 6.45) is 3.13. The lowest BCUT2D eigenvalue weighted by Gasteiger charge is -2.09. The quantitative estimate of drug-likeness (QED) is 0.0668. The molecule has 53 heavy (non-hydrogen) atoms. The SMILES string of the molecule is C=C(C)C(=O)Oc1ccc(-c2ccc(-c3ccc(CCCO)cc3)cc2F)cc1.OCCCc1ccc(-c2ccc(-c3ccc(O)cc3)c(F)c2)cc1. The zero-order chi connectivity index (χ0) is 37.7. The molecule has 0 atom stereocenters. The third-order valence-electron chi connectivity index (χ3n) is 8.66. The number of phenolic OH excluding ortho intramolecular Hbond substituents is 1. The molecule has 5 nitrogen and oxygen atoms in total. The molecule has 7 heteroatoms. The Morgan fingerprint density at radius 2 is 0.943 bits per heavy atom. The lowest BCUT2D eigenvalue weighted by Crippen LogP contribution is -2.07. The van der Waals surface area contributed by atoms with Crippen molar-refractivity contribution in [3.05, 3.63) is 168 Å². The number of ether oxygens (including phenoxy) is 1. The van der Waals surface area contributed by atoms with Gasteiger partial charge in [-0.1, -0.05) is 104 Å². The molecule has 270 valence electrons. The van der Waals surface area contributed by atoms with E-state index < -0.39 is 5.97 Å². The fraction of sp³-hybridized carbons (Fsp3) is 0.152. The van der Waals surface area contributed by atoms with Crippen LogP contribution in [0.3, 0.4) is 0 Å². The lowest BCUT2D eigenvalue weighted by atomic mass is 9.98. The van der Waals surface area contributed by atoms with E-state index in [1.807, 2.05) is 60.7 Å². The highest BCUT2D eigenvalue weighted by Gasteiger charge is 2.11. The van der Waals surface area contributed by atoms with Crippen molar-refractivity contribution in [2.24, 2.45) is 0 Å². The Balaban J connectivity index is 0.000000208. The van der Waals surface area contributed by atoms with Gasteiger partial charge in [-0.15, -0.1) is 0 Å². The summed E-state index contributed by atoms with van der Waals surface area (Å²) in [5, 5.41) is 27.1. The van der Waals surface area contributed by atoms with Crippen molar-refractivity contribution in [1.29, 1.82) is 0 Å². The van der Waals surface area contributed by atoms with Gasteiger partial charge in [0.15, 0.2) is 0 Å². The zero-order valence-electron chi connectivity index (χ0n) is 29.6. The van der Waals surface area contributed by atoms with Gasteiger partial charge in [0, 0.05) is 29.9 Å². The number of carbonyl (C=O) groups is 1. The highest BCUT2D eigenvalue weighted by Crippen LogP contribution is 2.31. The number of halogens is 2. The fourth-order valence-corrected chi connectivity index (χ4v) is 5.69. The van der Waals surface area contributed by atoms with Crippen molar-refractivity contribution in [3.8, 4) is 56.0 Å². The van der Waals surface area contributed by atoms with Gasteiger partial charge in [0.1, 0.15) is 23.1 Å². The van der Waals surface area contributed by atoms with Gasteiger partial charge in [-0.25, -0.2) is 13.6 Å². The normalized spacial score (nSPS) is 10.7. The molecule has 0 amide bonds. The van der Waals surface area contributed by atoms with Gasteiger partial charge < -0.3 is 20.1 Å². The van der Waals surface area contributed by atoms with Crippen LogP contribution in [0.1, 0.15) is 30.9 Å². The van der Waals surface area contributed by atoms with Crippen LogP contribution in [0.5, 0.6) is 11.5 Å². The second-order valence-electron chi connectivity index (χ2n) is 12.7. The number of benzene rings is 6. The minimum atomic E-state index is -0.490. The number of aliphatic hydroxyl groups is 2. The molecule has 0 aliphatic heterocycles. The van der Waals surface area contributed by atoms with E-state index in [0.717, 1.165) is 64.6 Å². The van der Waals surface area contributed by atoms with Crippen LogP contribution in [0.4, 0.5) is 8.78 Å². The van der Waals surface area contributed by atoms with E-state index in [1.165, 1.54) is 12.1 Å². The van der Waals surface area contributed by atoms with Crippen LogP contribution in [0, 0.1) is 11.6 Å². The van der Waals surface area contributed by atoms with Crippen LogP contribution in [-0.4, -0.2) is 34.5 Å². The van der Waals surface area contributed by atoms with Crippen molar-refractivity contribution >= 4 is 5.97 Å². The van der Waals surface area contributed by atoms with Crippen molar-refractivity contribution in [1.82, 2.24) is 0 Å². The molecule has 0 spiro atoms. The summed E-state index contributed by atoms with van der Waals surface area (Å²) >= 11 is 0. The minimum absolute atomic E-state index is 0.164. The van der Waals surface area contributed by atoms with Crippen LogP contribution in [0.25, 0.3) is 44.5 Å². The average molecular weight is 713 g/mol. The third-order valence-corrected chi connectivity index (χ3v) is 8.66. The molecule has 3 N–H and O–H groups in total. The van der Waals surface area contributed by atoms with E-state index >= 15 is 0 Å². The predicted octanol–water partition coefficient (Wildman–Crippen LogP) is 10.4. The molecule has 0 radical (unpaired) electrons. The van der Waals surface area contributed by atoms with E-state index in [4.69, 9.17) is 14.9 Å². The number of aryl methyl sites for hydroxylation is 2. The summed E-state index contributed by atoms with van der Waals surface area (Å²) in [4.78, 5) is 11.6. The summed E-state index contributed by atoms with van der Waals surface area (Å²) in [5.41, 5.74) is 8.56. The molecule has 0 bridgehead atoms. The van der Waals surface area contributed by atoms with Crippen molar-refractivity contribution in [2.75, 3.05) is 13.2 Å². The van der Waals surface area contributed by atoms with Gasteiger partial charge in [-0.2, -0.15) is 0 Å². The van der Waals surface area contributed by atoms with Gasteiger partial charge in [-0.3, -0.25) is 0 Å². The third kappa shape index (κ3) is 10.6. The smallest absolute Gasteiger partial charge is 0.338 e. The van der Waals surface area contributed by atoms with E-state index in [-0.39, 0.29) is 30.6 Å². The number of hydrogen-bond acceptors (Lipinski definition) is 5. The summed E-state index contributed by atoms with van der Waals surface area (Å²) in [5.74, 6) is -0.547. The maximum Gasteiger partial charge on any atom is 0.338 e. The minimum Gasteiger partial charge on any atom is -0.508 e. The number of carbonyl (C=O) groups excluding carboxylic acids is 1. The van der Waals surface area contributed by atoms with E-state index in [2.05, 4.69) is 6.58 Å². The van der Waals surface area contributed by atoms with Gasteiger partial charge in [0.2, 0.25) is 0 Å². The van der Waals surface area contributed by atoms with Crippen LogP contribution >= 0.6 is 0 Å². The first-order valence-electron chi connectivity index (χ1n) is 17.4. The van der Waals surface area contributed by atoms with E-state index in [9.17, 15) is 18.7 Å². The summed E-state index contributed by atoms with van der Waals surface area (Å²) in [6.45, 7) is 5.48. The maximum absolute atomic E-state index is 14.8. The van der Waals surface area contributed by atoms with Gasteiger partial charge in [0.25, 0.3) is 0 Å². The second-order valence-corrected chi connectivity index (χ2v) is 12.7. The number of phenols is 1. The highest BCUT2D eigenvalue weighted by atomic mass is 19.1. The Bertz CT molecular complexity index is 2120. The Morgan fingerprint density at radius 3 is 1.32 bits per heavy atom. The average Bonchev–Trinajstić information content (AvgIpc) is 3.17. The first-order valence-corrected chi connectivity index (χ1v) is 17.4. The lowest BCUT2D eigenvalue weighted by molar-refractivity contribution is -0.130. The molecule has 0 aliphatic carbocycles. The number of aromatic hydroxyl groups is 1. The summed E-state index contributed by atoms with van der Waals surface area (Å²) < 4.78 is 34.4. The van der Waals surface area contributed by atoms with Gasteiger partial charge in [0.05, 0.1) is 0 Å². The largest absolute Gasteiger partial charge is 0.508 e. The predicted molar refractivity (Wildman–Crippen MR) is 207 cm³/mol. The monoisotopic (exact) mass is 712 g/mol. The fourth-order valence-electron chi connectivity index (χ4n) is 5.69. The molecule has 6 rings (SSSR count). The van der Waals surface area contributed by atoms with Crippen molar-refractivity contribution < 1.29 is 33.6 Å². The number of hydrogen-bond donors (Lipinski definition) is 3. The molecule has 0 heterocycles. The van der Waals surface area contributed by atoms with Crippen molar-refractivity contribution in [3.63, 3.8) is 0 Å². The molecule has 6 aromatic rings. The Morgan fingerprint density at radius 1 is 0.566 bits per heavy atom. The second kappa shape index (κ2) is 18.6. The summed E-state index contributed by atoms with van der Waals surface area (Å²) in [6, 6.07) is 39.4. The van der Waals surface area contributed by atoms with E-state index in [0.29, 0.717) is 28.0 Å². The first kappa shape index (κ1) is 38.3. The molecule has 0 aromatic heterocycles. The Hall–Kier alpha value is -5.89. The standard InChI is InChI=1S/C25H23FO3.C21H19FO2/c1-17(2)25(28)29-22-12-9-20(10-13-22)23-14-11-21(16-24(23)26)19-7-5-18(6-8-19)4-3-15-27;22-21-14-18(16-5-3-15(4-6-16)2-1-13-23)9-12-20(21)17-7-10-19(24)11-8-17/h5-14,16,27H,1,3-4,15H2,2H3;3-12,14,23-24H,1-2,13H2. The molecule has 0 aliphatic rings. The van der Waals surface area contributed by atoms with Crippen LogP contribution < -0.4 is 4.74 Å². The molecular weight excluding hydrogens is 670 g/mol. The Kier molecular flexibility index (Phi) is 13.4. The highest BCUT2D eigenvalue weighted by molar-refractivity contribution is 5.88. The number of rotatable bonds is 12. The Labute approximate surface area is 309 Å². The van der Waals surface area contributed by atoms with Gasteiger partial charge >= 0.3 is 5.97 Å².